The molecule has 0 radical (unpaired) electrons. The number of hydrogen-bond donors (Lipinski definition) is 1. The van der Waals surface area contributed by atoms with E-state index in [9.17, 15) is 0 Å². The zero-order valence-corrected chi connectivity index (χ0v) is 13.5. The second-order valence-electron chi connectivity index (χ2n) is 6.00. The first kappa shape index (κ1) is 15.0. The van der Waals surface area contributed by atoms with Crippen LogP contribution in [-0.4, -0.2) is 33.3 Å². The van der Waals surface area contributed by atoms with Gasteiger partial charge < -0.3 is 14.6 Å². The fourth-order valence-corrected chi connectivity index (χ4v) is 3.06. The average molecular weight is 325 g/mol. The number of hydrogen-bond acceptors (Lipinski definition) is 7. The minimum Gasteiger partial charge on any atom is -0.381 e. The predicted molar refractivity (Wildman–Crippen MR) is 88.5 cm³/mol. The third kappa shape index (κ3) is 3.07. The molecule has 1 unspecified atom stereocenters. The molecule has 24 heavy (non-hydrogen) atoms. The molecule has 7 nitrogen and oxygen atoms in total. The Morgan fingerprint density at radius 3 is 2.67 bits per heavy atom. The molecule has 124 valence electrons. The van der Waals surface area contributed by atoms with E-state index in [-0.39, 0.29) is 6.04 Å². The second-order valence-corrected chi connectivity index (χ2v) is 6.00. The summed E-state index contributed by atoms with van der Waals surface area (Å²) in [5.41, 5.74) is 1.73. The molecule has 3 heterocycles. The Bertz CT molecular complexity index is 828. The maximum atomic E-state index is 5.48. The summed E-state index contributed by atoms with van der Waals surface area (Å²) in [6, 6.07) is 7.72. The van der Waals surface area contributed by atoms with Crippen molar-refractivity contribution in [3.8, 4) is 0 Å². The minimum absolute atomic E-state index is 0.0921. The first-order chi connectivity index (χ1) is 11.8. The highest BCUT2D eigenvalue weighted by Gasteiger charge is 2.30. The average Bonchev–Trinajstić information content (AvgIpc) is 3.06. The Hall–Kier alpha value is -2.54. The lowest BCUT2D eigenvalue weighted by Gasteiger charge is -2.28. The van der Waals surface area contributed by atoms with Crippen molar-refractivity contribution in [1.29, 1.82) is 0 Å². The largest absolute Gasteiger partial charge is 0.381 e. The molecular formula is C17H19N5O2. The molecule has 1 aliphatic rings. The lowest BCUT2D eigenvalue weighted by atomic mass is 9.91. The van der Waals surface area contributed by atoms with Crippen molar-refractivity contribution in [2.24, 2.45) is 5.92 Å². The van der Waals surface area contributed by atoms with Crippen LogP contribution in [0.2, 0.25) is 0 Å². The number of ether oxygens (including phenoxy) is 1. The van der Waals surface area contributed by atoms with Gasteiger partial charge in [-0.2, -0.15) is 4.98 Å². The number of fused-ring (bicyclic) bond motifs is 1. The zero-order chi connectivity index (χ0) is 16.4. The number of rotatable bonds is 4. The van der Waals surface area contributed by atoms with E-state index in [2.05, 4.69) is 25.4 Å². The van der Waals surface area contributed by atoms with Crippen LogP contribution in [-0.2, 0) is 4.74 Å². The molecule has 1 aliphatic heterocycles. The molecule has 1 N–H and O–H groups in total. The Kier molecular flexibility index (Phi) is 4.08. The highest BCUT2D eigenvalue weighted by atomic mass is 16.5. The molecule has 1 saturated heterocycles. The van der Waals surface area contributed by atoms with E-state index in [0.29, 0.717) is 23.5 Å². The summed E-state index contributed by atoms with van der Waals surface area (Å²) >= 11 is 0. The summed E-state index contributed by atoms with van der Waals surface area (Å²) in [5, 5.41) is 7.38. The number of nitrogens with zero attached hydrogens (tertiary/aromatic N) is 4. The van der Waals surface area contributed by atoms with Gasteiger partial charge in [0, 0.05) is 13.2 Å². The maximum Gasteiger partial charge on any atom is 0.249 e. The summed E-state index contributed by atoms with van der Waals surface area (Å²) in [6.07, 6.45) is 3.64. The van der Waals surface area contributed by atoms with Gasteiger partial charge in [-0.15, -0.1) is 0 Å². The van der Waals surface area contributed by atoms with Crippen molar-refractivity contribution < 1.29 is 9.26 Å². The van der Waals surface area contributed by atoms with Crippen molar-refractivity contribution in [3.05, 3.63) is 42.2 Å². The molecular weight excluding hydrogens is 306 g/mol. The lowest BCUT2D eigenvalue weighted by Crippen LogP contribution is -2.27. The standard InChI is InChI=1S/C17H19N5O2/c1-11-19-17(24-22-11)16(12-6-8-23-9-7-12)21-15-10-18-13-4-2-3-5-14(13)20-15/h2-5,10,12,16H,6-9H2,1H3,(H,20,21). The van der Waals surface area contributed by atoms with E-state index < -0.39 is 0 Å². The van der Waals surface area contributed by atoms with Crippen molar-refractivity contribution >= 4 is 16.9 Å². The number of aromatic nitrogens is 4. The lowest BCUT2D eigenvalue weighted by molar-refractivity contribution is 0.0570. The Morgan fingerprint density at radius 1 is 1.12 bits per heavy atom. The molecule has 0 spiro atoms. The number of anilines is 1. The van der Waals surface area contributed by atoms with Gasteiger partial charge in [0.25, 0.3) is 0 Å². The van der Waals surface area contributed by atoms with Gasteiger partial charge in [0.15, 0.2) is 5.82 Å². The minimum atomic E-state index is -0.0921. The molecule has 0 saturated carbocycles. The summed E-state index contributed by atoms with van der Waals surface area (Å²) < 4.78 is 10.9. The number of benzene rings is 1. The predicted octanol–water partition coefficient (Wildman–Crippen LogP) is 2.90. The monoisotopic (exact) mass is 325 g/mol. The van der Waals surface area contributed by atoms with Crippen LogP contribution in [0.5, 0.6) is 0 Å². The van der Waals surface area contributed by atoms with Crippen LogP contribution < -0.4 is 5.32 Å². The van der Waals surface area contributed by atoms with Gasteiger partial charge >= 0.3 is 0 Å². The fourth-order valence-electron chi connectivity index (χ4n) is 3.06. The first-order valence-corrected chi connectivity index (χ1v) is 8.16. The van der Waals surface area contributed by atoms with E-state index in [1.165, 1.54) is 0 Å². The summed E-state index contributed by atoms with van der Waals surface area (Å²) in [7, 11) is 0. The van der Waals surface area contributed by atoms with Crippen LogP contribution in [0, 0.1) is 12.8 Å². The molecule has 1 aromatic carbocycles. The van der Waals surface area contributed by atoms with Gasteiger partial charge in [-0.25, -0.2) is 4.98 Å². The van der Waals surface area contributed by atoms with Crippen molar-refractivity contribution in [2.45, 2.75) is 25.8 Å². The van der Waals surface area contributed by atoms with Crippen LogP contribution in [0.15, 0.2) is 35.0 Å². The molecule has 1 atom stereocenters. The van der Waals surface area contributed by atoms with Crippen LogP contribution >= 0.6 is 0 Å². The molecule has 0 amide bonds. The van der Waals surface area contributed by atoms with E-state index >= 15 is 0 Å². The van der Waals surface area contributed by atoms with Crippen LogP contribution in [0.25, 0.3) is 11.0 Å². The maximum absolute atomic E-state index is 5.48. The van der Waals surface area contributed by atoms with Crippen molar-refractivity contribution in [2.75, 3.05) is 18.5 Å². The number of para-hydroxylation sites is 2. The Balaban J connectivity index is 1.64. The Labute approximate surface area is 139 Å². The second kappa shape index (κ2) is 6.52. The zero-order valence-electron chi connectivity index (χ0n) is 13.5. The SMILES string of the molecule is Cc1noc(C(Nc2cnc3ccccc3n2)C2CCOCC2)n1. The number of aryl methyl sites for hydroxylation is 1. The molecule has 0 bridgehead atoms. The normalized spacial score (nSPS) is 17.0. The third-order valence-corrected chi connectivity index (χ3v) is 4.30. The van der Waals surface area contributed by atoms with Gasteiger partial charge in [-0.05, 0) is 37.8 Å². The van der Waals surface area contributed by atoms with Gasteiger partial charge in [0.1, 0.15) is 11.9 Å². The van der Waals surface area contributed by atoms with Gasteiger partial charge in [-0.1, -0.05) is 17.3 Å². The number of nitrogens with one attached hydrogen (secondary N) is 1. The van der Waals surface area contributed by atoms with Gasteiger partial charge in [0.2, 0.25) is 5.89 Å². The summed E-state index contributed by atoms with van der Waals surface area (Å²) in [4.78, 5) is 13.5. The third-order valence-electron chi connectivity index (χ3n) is 4.30. The highest BCUT2D eigenvalue weighted by molar-refractivity contribution is 5.75. The van der Waals surface area contributed by atoms with Crippen LogP contribution in [0.1, 0.15) is 30.6 Å². The molecule has 7 heteroatoms. The van der Waals surface area contributed by atoms with Crippen LogP contribution in [0.3, 0.4) is 0 Å². The fraction of sp³-hybridized carbons (Fsp3) is 0.412. The van der Waals surface area contributed by atoms with Gasteiger partial charge in [0.05, 0.1) is 17.2 Å². The Morgan fingerprint density at radius 2 is 1.92 bits per heavy atom. The highest BCUT2D eigenvalue weighted by Crippen LogP contribution is 2.32. The molecule has 0 aliphatic carbocycles. The molecule has 4 rings (SSSR count). The van der Waals surface area contributed by atoms with Gasteiger partial charge in [-0.3, -0.25) is 4.98 Å². The molecule has 1 fully saturated rings. The summed E-state index contributed by atoms with van der Waals surface area (Å²) in [5.74, 6) is 2.29. The summed E-state index contributed by atoms with van der Waals surface area (Å²) in [6.45, 7) is 3.32. The van der Waals surface area contributed by atoms with E-state index in [1.807, 2.05) is 31.2 Å². The molecule has 2 aromatic heterocycles. The first-order valence-electron chi connectivity index (χ1n) is 8.16. The quantitative estimate of drug-likeness (QED) is 0.789. The topological polar surface area (TPSA) is 86.0 Å². The van der Waals surface area contributed by atoms with E-state index in [1.54, 1.807) is 6.20 Å². The van der Waals surface area contributed by atoms with Crippen LogP contribution in [0.4, 0.5) is 5.82 Å². The van der Waals surface area contributed by atoms with Crippen molar-refractivity contribution in [3.63, 3.8) is 0 Å². The van der Waals surface area contributed by atoms with Crippen molar-refractivity contribution in [1.82, 2.24) is 20.1 Å². The molecule has 3 aromatic rings. The van der Waals surface area contributed by atoms with E-state index in [0.717, 1.165) is 37.1 Å². The smallest absolute Gasteiger partial charge is 0.249 e. The van der Waals surface area contributed by atoms with E-state index in [4.69, 9.17) is 9.26 Å².